The maximum atomic E-state index is 13.2. The van der Waals surface area contributed by atoms with Crippen molar-refractivity contribution >= 4 is 18.0 Å². The minimum Gasteiger partial charge on any atom is -0.459 e. The summed E-state index contributed by atoms with van der Waals surface area (Å²) < 4.78 is 10.7. The third-order valence-electron chi connectivity index (χ3n) is 5.44. The van der Waals surface area contributed by atoms with E-state index in [9.17, 15) is 14.4 Å². The van der Waals surface area contributed by atoms with Crippen molar-refractivity contribution in [3.63, 3.8) is 0 Å². The van der Waals surface area contributed by atoms with Gasteiger partial charge < -0.3 is 20.1 Å². The number of esters is 1. The van der Waals surface area contributed by atoms with Crippen molar-refractivity contribution in [2.24, 2.45) is 5.92 Å². The first-order chi connectivity index (χ1) is 15.6. The van der Waals surface area contributed by atoms with E-state index in [1.165, 1.54) is 0 Å². The molecule has 1 aliphatic rings. The third kappa shape index (κ3) is 7.07. The third-order valence-corrected chi connectivity index (χ3v) is 5.44. The molecule has 0 fully saturated rings. The predicted molar refractivity (Wildman–Crippen MR) is 124 cm³/mol. The summed E-state index contributed by atoms with van der Waals surface area (Å²) in [5.41, 5.74) is 2.47. The Morgan fingerprint density at radius 2 is 1.52 bits per heavy atom. The molecule has 1 aliphatic carbocycles. The first-order valence-electron chi connectivity index (χ1n) is 11.2. The lowest BCUT2D eigenvalue weighted by molar-refractivity contribution is -0.148. The molecule has 3 rings (SSSR count). The summed E-state index contributed by atoms with van der Waals surface area (Å²) in [4.78, 5) is 38.1. The van der Waals surface area contributed by atoms with Crippen molar-refractivity contribution in [2.45, 2.75) is 64.8 Å². The summed E-state index contributed by atoms with van der Waals surface area (Å²) in [5.74, 6) is -1.14. The standard InChI is InChI=1S/C26H32N2O5/c1-17(24(30)32-16-18-10-6-5-7-11-18)27-23(29)22(28-25(31)33-26(2,3)4)21-14-19-12-8-9-13-20(19)15-21/h5-13,17,21-22H,14-16H2,1-4H3,(H,27,29)(H,28,31)/t17-,22+/m0/s1. The number of rotatable bonds is 7. The molecule has 2 N–H and O–H groups in total. The molecule has 2 aromatic rings. The number of ether oxygens (including phenoxy) is 2. The summed E-state index contributed by atoms with van der Waals surface area (Å²) in [5, 5.41) is 5.43. The lowest BCUT2D eigenvalue weighted by Gasteiger charge is -2.27. The van der Waals surface area contributed by atoms with Crippen LogP contribution in [-0.4, -0.2) is 35.7 Å². The molecule has 2 atom stereocenters. The zero-order valence-electron chi connectivity index (χ0n) is 19.6. The molecule has 0 radical (unpaired) electrons. The highest BCUT2D eigenvalue weighted by molar-refractivity contribution is 5.90. The normalized spacial score (nSPS) is 15.2. The van der Waals surface area contributed by atoms with Crippen LogP contribution in [0.25, 0.3) is 0 Å². The first kappa shape index (κ1) is 24.3. The molecule has 0 unspecified atom stereocenters. The van der Waals surface area contributed by atoms with Crippen LogP contribution in [0.15, 0.2) is 54.6 Å². The van der Waals surface area contributed by atoms with E-state index in [2.05, 4.69) is 10.6 Å². The lowest BCUT2D eigenvalue weighted by atomic mass is 9.95. The van der Waals surface area contributed by atoms with Gasteiger partial charge in [0.05, 0.1) is 0 Å². The van der Waals surface area contributed by atoms with Gasteiger partial charge in [0.15, 0.2) is 0 Å². The zero-order chi connectivity index (χ0) is 24.0. The fourth-order valence-electron chi connectivity index (χ4n) is 3.88. The maximum absolute atomic E-state index is 13.2. The molecule has 0 saturated carbocycles. The van der Waals surface area contributed by atoms with Crippen molar-refractivity contribution < 1.29 is 23.9 Å². The zero-order valence-corrected chi connectivity index (χ0v) is 19.6. The van der Waals surface area contributed by atoms with E-state index in [4.69, 9.17) is 9.47 Å². The van der Waals surface area contributed by atoms with Crippen LogP contribution in [0.3, 0.4) is 0 Å². The van der Waals surface area contributed by atoms with Crippen LogP contribution in [0.1, 0.15) is 44.4 Å². The van der Waals surface area contributed by atoms with Gasteiger partial charge in [-0.15, -0.1) is 0 Å². The Labute approximate surface area is 194 Å². The van der Waals surface area contributed by atoms with Crippen molar-refractivity contribution in [2.75, 3.05) is 0 Å². The lowest BCUT2D eigenvalue weighted by Crippen LogP contribution is -2.55. The number of carbonyl (C=O) groups is 3. The maximum Gasteiger partial charge on any atom is 0.408 e. The van der Waals surface area contributed by atoms with Crippen molar-refractivity contribution in [3.05, 3.63) is 71.3 Å². The molecule has 0 aliphatic heterocycles. The van der Waals surface area contributed by atoms with Gasteiger partial charge in [-0.25, -0.2) is 9.59 Å². The Bertz CT molecular complexity index is 959. The number of nitrogens with one attached hydrogen (secondary N) is 2. The second-order valence-electron chi connectivity index (χ2n) is 9.38. The van der Waals surface area contributed by atoms with Gasteiger partial charge in [-0.05, 0) is 63.1 Å². The minimum atomic E-state index is -0.868. The monoisotopic (exact) mass is 452 g/mol. The molecule has 0 heterocycles. The molecule has 7 heteroatoms. The van der Waals surface area contributed by atoms with Crippen LogP contribution in [-0.2, 0) is 38.5 Å². The fraction of sp³-hybridized carbons (Fsp3) is 0.423. The first-order valence-corrected chi connectivity index (χ1v) is 11.2. The Hall–Kier alpha value is -3.35. The van der Waals surface area contributed by atoms with Gasteiger partial charge in [-0.1, -0.05) is 54.6 Å². The van der Waals surface area contributed by atoms with E-state index in [0.29, 0.717) is 12.8 Å². The van der Waals surface area contributed by atoms with Gasteiger partial charge in [0.2, 0.25) is 5.91 Å². The van der Waals surface area contributed by atoms with E-state index >= 15 is 0 Å². The topological polar surface area (TPSA) is 93.7 Å². The molecule has 176 valence electrons. The molecule has 7 nitrogen and oxygen atoms in total. The van der Waals surface area contributed by atoms with Crippen molar-refractivity contribution in [1.82, 2.24) is 10.6 Å². The summed E-state index contributed by atoms with van der Waals surface area (Å²) in [6.07, 6.45) is 0.631. The summed E-state index contributed by atoms with van der Waals surface area (Å²) in [6.45, 7) is 6.98. The Morgan fingerprint density at radius 1 is 0.939 bits per heavy atom. The molecule has 0 saturated heterocycles. The van der Waals surface area contributed by atoms with Gasteiger partial charge in [-0.2, -0.15) is 0 Å². The SMILES string of the molecule is C[C@H](NC(=O)[C@H](NC(=O)OC(C)(C)C)C1Cc2ccccc2C1)C(=O)OCc1ccccc1. The molecule has 0 bridgehead atoms. The largest absolute Gasteiger partial charge is 0.459 e. The van der Waals surface area contributed by atoms with Gasteiger partial charge in [0, 0.05) is 0 Å². The molecule has 0 aromatic heterocycles. The van der Waals surface area contributed by atoms with Gasteiger partial charge in [-0.3, -0.25) is 4.79 Å². The average molecular weight is 453 g/mol. The Morgan fingerprint density at radius 3 is 2.09 bits per heavy atom. The molecule has 2 aromatic carbocycles. The van der Waals surface area contributed by atoms with Crippen molar-refractivity contribution in [1.29, 1.82) is 0 Å². The smallest absolute Gasteiger partial charge is 0.408 e. The van der Waals surface area contributed by atoms with Crippen LogP contribution in [0.4, 0.5) is 4.79 Å². The summed E-state index contributed by atoms with van der Waals surface area (Å²) in [7, 11) is 0. The quantitative estimate of drug-likeness (QED) is 0.627. The fourth-order valence-corrected chi connectivity index (χ4v) is 3.88. The van der Waals surface area contributed by atoms with E-state index in [-0.39, 0.29) is 12.5 Å². The van der Waals surface area contributed by atoms with Crippen molar-refractivity contribution in [3.8, 4) is 0 Å². The number of hydrogen-bond acceptors (Lipinski definition) is 5. The molecular weight excluding hydrogens is 420 g/mol. The van der Waals surface area contributed by atoms with E-state index < -0.39 is 35.7 Å². The molecule has 33 heavy (non-hydrogen) atoms. The predicted octanol–water partition coefficient (Wildman–Crippen LogP) is 3.54. The number of hydrogen-bond donors (Lipinski definition) is 2. The van der Waals surface area contributed by atoms with Crippen LogP contribution in [0.2, 0.25) is 0 Å². The second-order valence-corrected chi connectivity index (χ2v) is 9.38. The minimum absolute atomic E-state index is 0.122. The summed E-state index contributed by atoms with van der Waals surface area (Å²) >= 11 is 0. The van der Waals surface area contributed by atoms with E-state index in [0.717, 1.165) is 16.7 Å². The highest BCUT2D eigenvalue weighted by Gasteiger charge is 2.36. The molecule has 0 spiro atoms. The highest BCUT2D eigenvalue weighted by atomic mass is 16.6. The number of fused-ring (bicyclic) bond motifs is 1. The number of benzene rings is 2. The molecule has 2 amide bonds. The summed E-state index contributed by atoms with van der Waals surface area (Å²) in [6, 6.07) is 15.6. The second kappa shape index (κ2) is 10.5. The van der Waals surface area contributed by atoms with Gasteiger partial charge in [0.25, 0.3) is 0 Å². The average Bonchev–Trinajstić information content (AvgIpc) is 3.19. The number of alkyl carbamates (subject to hydrolysis) is 1. The van der Waals surface area contributed by atoms with E-state index in [1.807, 2.05) is 54.6 Å². The Kier molecular flexibility index (Phi) is 7.74. The molecular formula is C26H32N2O5. The highest BCUT2D eigenvalue weighted by Crippen LogP contribution is 2.29. The van der Waals surface area contributed by atoms with Crippen LogP contribution < -0.4 is 10.6 Å². The van der Waals surface area contributed by atoms with Crippen LogP contribution in [0.5, 0.6) is 0 Å². The number of amides is 2. The van der Waals surface area contributed by atoms with Gasteiger partial charge in [0.1, 0.15) is 24.3 Å². The van der Waals surface area contributed by atoms with Gasteiger partial charge >= 0.3 is 12.1 Å². The Balaban J connectivity index is 1.65. The van der Waals surface area contributed by atoms with E-state index in [1.54, 1.807) is 27.7 Å². The number of carbonyl (C=O) groups excluding carboxylic acids is 3. The van der Waals surface area contributed by atoms with Crippen LogP contribution >= 0.6 is 0 Å². The van der Waals surface area contributed by atoms with Crippen LogP contribution in [0, 0.1) is 5.92 Å².